The van der Waals surface area contributed by atoms with E-state index in [1.165, 1.54) is 0 Å². The number of carbonyl (C=O) groups excluding carboxylic acids is 1. The zero-order chi connectivity index (χ0) is 16.2. The molecule has 5 heteroatoms. The fourth-order valence-electron chi connectivity index (χ4n) is 2.67. The molecule has 2 atom stereocenters. The number of benzene rings is 2. The average Bonchev–Trinajstić information content (AvgIpc) is 2.61. The van der Waals surface area contributed by atoms with Crippen molar-refractivity contribution >= 4 is 27.5 Å². The van der Waals surface area contributed by atoms with Gasteiger partial charge in [0, 0.05) is 11.0 Å². The van der Waals surface area contributed by atoms with Crippen LogP contribution in [-0.4, -0.2) is 30.5 Å². The molecule has 0 aliphatic carbocycles. The van der Waals surface area contributed by atoms with Gasteiger partial charge in [-0.3, -0.25) is 4.79 Å². The van der Waals surface area contributed by atoms with E-state index in [1.54, 1.807) is 12.0 Å². The van der Waals surface area contributed by atoms with E-state index in [2.05, 4.69) is 15.9 Å². The van der Waals surface area contributed by atoms with Crippen molar-refractivity contribution in [3.05, 3.63) is 60.2 Å². The number of nitrogens with zero attached hydrogens (tertiary/aromatic N) is 1. The molecule has 2 aromatic rings. The van der Waals surface area contributed by atoms with E-state index in [-0.39, 0.29) is 11.9 Å². The van der Waals surface area contributed by atoms with Gasteiger partial charge >= 0.3 is 0 Å². The van der Waals surface area contributed by atoms with Gasteiger partial charge < -0.3 is 14.4 Å². The standard InChI is InChI=1S/C18H18BrNO3/c1-22-15-9-7-14(8-10-15)20-16(11-19)17(18(20)21)23-12-13-5-3-2-4-6-13/h2-10,16-17H,11-12H2,1H3/t16-,17+/m0/s1. The number of hydrogen-bond acceptors (Lipinski definition) is 3. The number of methoxy groups -OCH3 is 1. The molecular weight excluding hydrogens is 358 g/mol. The molecule has 0 aromatic heterocycles. The minimum absolute atomic E-state index is 0.000364. The molecule has 0 spiro atoms. The third kappa shape index (κ3) is 3.26. The molecular formula is C18H18BrNO3. The monoisotopic (exact) mass is 375 g/mol. The Kier molecular flexibility index (Phi) is 4.98. The van der Waals surface area contributed by atoms with E-state index < -0.39 is 6.10 Å². The number of β-lactam (4-membered cyclic amide) rings is 1. The normalized spacial score (nSPS) is 20.3. The first-order valence-electron chi connectivity index (χ1n) is 7.43. The average molecular weight is 376 g/mol. The lowest BCUT2D eigenvalue weighted by Crippen LogP contribution is -2.67. The Morgan fingerprint density at radius 2 is 1.78 bits per heavy atom. The maximum absolute atomic E-state index is 12.5. The van der Waals surface area contributed by atoms with Crippen LogP contribution < -0.4 is 9.64 Å². The van der Waals surface area contributed by atoms with Crippen LogP contribution in [-0.2, 0) is 16.1 Å². The van der Waals surface area contributed by atoms with Gasteiger partial charge in [0.2, 0.25) is 0 Å². The summed E-state index contributed by atoms with van der Waals surface area (Å²) in [6, 6.07) is 17.4. The van der Waals surface area contributed by atoms with Crippen LogP contribution >= 0.6 is 15.9 Å². The van der Waals surface area contributed by atoms with Gasteiger partial charge in [-0.1, -0.05) is 46.3 Å². The van der Waals surface area contributed by atoms with Crippen LogP contribution in [0.3, 0.4) is 0 Å². The van der Waals surface area contributed by atoms with Crippen molar-refractivity contribution in [2.24, 2.45) is 0 Å². The Morgan fingerprint density at radius 1 is 1.09 bits per heavy atom. The van der Waals surface area contributed by atoms with Crippen molar-refractivity contribution in [2.75, 3.05) is 17.3 Å². The smallest absolute Gasteiger partial charge is 0.258 e. The van der Waals surface area contributed by atoms with Crippen molar-refractivity contribution in [3.63, 3.8) is 0 Å². The van der Waals surface area contributed by atoms with Gasteiger partial charge in [0.1, 0.15) is 5.75 Å². The molecule has 0 unspecified atom stereocenters. The van der Waals surface area contributed by atoms with Crippen LogP contribution in [0.5, 0.6) is 5.75 Å². The van der Waals surface area contributed by atoms with Gasteiger partial charge in [-0.05, 0) is 29.8 Å². The molecule has 0 bridgehead atoms. The molecule has 3 rings (SSSR count). The molecule has 0 N–H and O–H groups in total. The minimum Gasteiger partial charge on any atom is -0.497 e. The molecule has 1 fully saturated rings. The number of carbonyl (C=O) groups is 1. The Hall–Kier alpha value is -1.85. The van der Waals surface area contributed by atoms with Crippen molar-refractivity contribution in [1.82, 2.24) is 0 Å². The number of amides is 1. The summed E-state index contributed by atoms with van der Waals surface area (Å²) < 4.78 is 11.0. The molecule has 2 aromatic carbocycles. The highest BCUT2D eigenvalue weighted by Gasteiger charge is 2.48. The fourth-order valence-corrected chi connectivity index (χ4v) is 3.30. The molecule has 1 amide bonds. The van der Waals surface area contributed by atoms with E-state index in [4.69, 9.17) is 9.47 Å². The molecule has 23 heavy (non-hydrogen) atoms. The Morgan fingerprint density at radius 3 is 2.39 bits per heavy atom. The molecule has 0 saturated carbocycles. The molecule has 120 valence electrons. The fraction of sp³-hybridized carbons (Fsp3) is 0.278. The lowest BCUT2D eigenvalue weighted by molar-refractivity contribution is -0.142. The summed E-state index contributed by atoms with van der Waals surface area (Å²) in [6.07, 6.45) is -0.406. The predicted octanol–water partition coefficient (Wildman–Crippen LogP) is 3.39. The number of ether oxygens (including phenoxy) is 2. The molecule has 0 radical (unpaired) electrons. The summed E-state index contributed by atoms with van der Waals surface area (Å²) in [7, 11) is 1.62. The number of halogens is 1. The van der Waals surface area contributed by atoms with Crippen LogP contribution in [0.1, 0.15) is 5.56 Å². The lowest BCUT2D eigenvalue weighted by atomic mass is 9.98. The number of alkyl halides is 1. The Bertz CT molecular complexity index is 660. The van der Waals surface area contributed by atoms with E-state index in [9.17, 15) is 4.79 Å². The third-order valence-electron chi connectivity index (χ3n) is 3.94. The van der Waals surface area contributed by atoms with E-state index in [1.807, 2.05) is 54.6 Å². The maximum Gasteiger partial charge on any atom is 0.258 e. The molecule has 1 heterocycles. The van der Waals surface area contributed by atoms with E-state index in [0.29, 0.717) is 11.9 Å². The predicted molar refractivity (Wildman–Crippen MR) is 93.1 cm³/mol. The van der Waals surface area contributed by atoms with Crippen LogP contribution in [0.15, 0.2) is 54.6 Å². The van der Waals surface area contributed by atoms with Gasteiger partial charge in [-0.15, -0.1) is 0 Å². The first-order valence-corrected chi connectivity index (χ1v) is 8.55. The van der Waals surface area contributed by atoms with Crippen molar-refractivity contribution in [1.29, 1.82) is 0 Å². The Balaban J connectivity index is 1.67. The first kappa shape index (κ1) is 16.0. The third-order valence-corrected chi connectivity index (χ3v) is 4.61. The van der Waals surface area contributed by atoms with Crippen LogP contribution in [0.4, 0.5) is 5.69 Å². The summed E-state index contributed by atoms with van der Waals surface area (Å²) in [5.74, 6) is 0.768. The zero-order valence-corrected chi connectivity index (χ0v) is 14.4. The van der Waals surface area contributed by atoms with Gasteiger partial charge in [0.05, 0.1) is 19.8 Å². The van der Waals surface area contributed by atoms with Gasteiger partial charge in [-0.2, -0.15) is 0 Å². The number of anilines is 1. The van der Waals surface area contributed by atoms with Crippen LogP contribution in [0.25, 0.3) is 0 Å². The van der Waals surface area contributed by atoms with Crippen molar-refractivity contribution in [3.8, 4) is 5.75 Å². The second-order valence-corrected chi connectivity index (χ2v) is 5.99. The van der Waals surface area contributed by atoms with Crippen LogP contribution in [0.2, 0.25) is 0 Å². The van der Waals surface area contributed by atoms with Crippen LogP contribution in [0, 0.1) is 0 Å². The summed E-state index contributed by atoms with van der Waals surface area (Å²) in [5, 5.41) is 0.671. The minimum atomic E-state index is -0.406. The van der Waals surface area contributed by atoms with Crippen molar-refractivity contribution < 1.29 is 14.3 Å². The molecule has 1 aliphatic heterocycles. The highest BCUT2D eigenvalue weighted by atomic mass is 79.9. The molecule has 1 saturated heterocycles. The summed E-state index contributed by atoms with van der Waals surface area (Å²) >= 11 is 3.49. The van der Waals surface area contributed by atoms with Crippen molar-refractivity contribution in [2.45, 2.75) is 18.8 Å². The lowest BCUT2D eigenvalue weighted by Gasteiger charge is -2.45. The second-order valence-electron chi connectivity index (χ2n) is 5.35. The summed E-state index contributed by atoms with van der Waals surface area (Å²) in [5.41, 5.74) is 1.93. The first-order chi connectivity index (χ1) is 11.2. The maximum atomic E-state index is 12.5. The molecule has 1 aliphatic rings. The number of hydrogen-bond donors (Lipinski definition) is 0. The van der Waals surface area contributed by atoms with Gasteiger partial charge in [0.25, 0.3) is 5.91 Å². The topological polar surface area (TPSA) is 38.8 Å². The number of rotatable bonds is 6. The Labute approximate surface area is 144 Å². The second kappa shape index (κ2) is 7.15. The van der Waals surface area contributed by atoms with E-state index in [0.717, 1.165) is 17.0 Å². The summed E-state index contributed by atoms with van der Waals surface area (Å²) in [6.45, 7) is 0.442. The van der Waals surface area contributed by atoms with E-state index >= 15 is 0 Å². The highest BCUT2D eigenvalue weighted by molar-refractivity contribution is 9.09. The van der Waals surface area contributed by atoms with Gasteiger partial charge in [0.15, 0.2) is 6.10 Å². The van der Waals surface area contributed by atoms with Gasteiger partial charge in [-0.25, -0.2) is 0 Å². The summed E-state index contributed by atoms with van der Waals surface area (Å²) in [4.78, 5) is 14.2. The quantitative estimate of drug-likeness (QED) is 0.573. The molecule has 4 nitrogen and oxygen atoms in total. The zero-order valence-electron chi connectivity index (χ0n) is 12.8. The SMILES string of the molecule is COc1ccc(N2C(=O)[C@H](OCc3ccccc3)[C@@H]2CBr)cc1. The largest absolute Gasteiger partial charge is 0.497 e. The highest BCUT2D eigenvalue weighted by Crippen LogP contribution is 2.32.